The summed E-state index contributed by atoms with van der Waals surface area (Å²) in [6.07, 6.45) is 1.87. The van der Waals surface area contributed by atoms with E-state index in [2.05, 4.69) is 27.7 Å². The van der Waals surface area contributed by atoms with Gasteiger partial charge in [-0.15, -0.1) is 16.9 Å². The normalized spacial score (nSPS) is 10.7. The number of thioether (sulfide) groups is 1. The Morgan fingerprint density at radius 3 is 2.58 bits per heavy atom. The molecule has 0 saturated carbocycles. The molecule has 1 aromatic heterocycles. The maximum atomic E-state index is 5.46. The minimum absolute atomic E-state index is 0.697. The van der Waals surface area contributed by atoms with Crippen LogP contribution in [0.4, 0.5) is 0 Å². The van der Waals surface area contributed by atoms with E-state index in [0.717, 1.165) is 35.9 Å². The molecule has 6 heteroatoms. The van der Waals surface area contributed by atoms with Crippen LogP contribution < -0.4 is 4.74 Å². The number of ether oxygens (including phenoxy) is 1. The maximum absolute atomic E-state index is 5.46. The van der Waals surface area contributed by atoms with Crippen molar-refractivity contribution >= 4 is 11.8 Å². The van der Waals surface area contributed by atoms with E-state index in [9.17, 15) is 0 Å². The molecule has 0 aliphatic rings. The quantitative estimate of drug-likeness (QED) is 0.461. The van der Waals surface area contributed by atoms with Gasteiger partial charge in [0.15, 0.2) is 5.82 Å². The first-order valence-corrected chi connectivity index (χ1v) is 9.03. The summed E-state index contributed by atoms with van der Waals surface area (Å²) >= 11 is 1.84. The summed E-state index contributed by atoms with van der Waals surface area (Å²) in [7, 11) is 0. The SMILES string of the molecule is CCOc1ccc(SCCCc2nnnn2-c2ccccc2)cc1. The minimum atomic E-state index is 0.697. The van der Waals surface area contributed by atoms with Crippen LogP contribution in [0.2, 0.25) is 0 Å². The monoisotopic (exact) mass is 340 g/mol. The number of aromatic nitrogens is 4. The fraction of sp³-hybridized carbons (Fsp3) is 0.278. The van der Waals surface area contributed by atoms with Crippen molar-refractivity contribution in [1.29, 1.82) is 0 Å². The predicted octanol–water partition coefficient (Wildman–Crippen LogP) is 3.79. The smallest absolute Gasteiger partial charge is 0.156 e. The zero-order valence-corrected chi connectivity index (χ0v) is 14.4. The lowest BCUT2D eigenvalue weighted by Crippen LogP contribution is -2.03. The van der Waals surface area contributed by atoms with Crippen LogP contribution in [0.15, 0.2) is 59.5 Å². The van der Waals surface area contributed by atoms with Crippen LogP contribution in [0, 0.1) is 0 Å². The van der Waals surface area contributed by atoms with Gasteiger partial charge in [0.25, 0.3) is 0 Å². The molecule has 0 aliphatic carbocycles. The first-order valence-electron chi connectivity index (χ1n) is 8.05. The van der Waals surface area contributed by atoms with Gasteiger partial charge in [-0.3, -0.25) is 0 Å². The third-order valence-corrected chi connectivity index (χ3v) is 4.58. The second kappa shape index (κ2) is 8.49. The van der Waals surface area contributed by atoms with Crippen molar-refractivity contribution < 1.29 is 4.74 Å². The zero-order valence-electron chi connectivity index (χ0n) is 13.6. The van der Waals surface area contributed by atoms with Gasteiger partial charge in [-0.2, -0.15) is 4.68 Å². The molecule has 0 spiro atoms. The number of aryl methyl sites for hydroxylation is 1. The highest BCUT2D eigenvalue weighted by molar-refractivity contribution is 7.99. The van der Waals surface area contributed by atoms with Crippen molar-refractivity contribution in [3.8, 4) is 11.4 Å². The van der Waals surface area contributed by atoms with Gasteiger partial charge in [-0.05, 0) is 65.9 Å². The number of hydrogen-bond acceptors (Lipinski definition) is 5. The number of rotatable bonds is 8. The van der Waals surface area contributed by atoms with Crippen LogP contribution in [0.1, 0.15) is 19.2 Å². The van der Waals surface area contributed by atoms with Crippen molar-refractivity contribution in [1.82, 2.24) is 20.2 Å². The van der Waals surface area contributed by atoms with E-state index in [4.69, 9.17) is 4.74 Å². The Bertz CT molecular complexity index is 743. The molecule has 24 heavy (non-hydrogen) atoms. The first-order chi connectivity index (χ1) is 11.9. The van der Waals surface area contributed by atoms with E-state index in [1.54, 1.807) is 0 Å². The van der Waals surface area contributed by atoms with Gasteiger partial charge < -0.3 is 4.74 Å². The highest BCUT2D eigenvalue weighted by atomic mass is 32.2. The molecular formula is C18H20N4OS. The molecule has 2 aromatic carbocycles. The highest BCUT2D eigenvalue weighted by Crippen LogP contribution is 2.22. The van der Waals surface area contributed by atoms with Gasteiger partial charge in [0.05, 0.1) is 12.3 Å². The van der Waals surface area contributed by atoms with Gasteiger partial charge >= 0.3 is 0 Å². The molecule has 3 rings (SSSR count). The molecule has 0 N–H and O–H groups in total. The van der Waals surface area contributed by atoms with Crippen molar-refractivity contribution in [2.45, 2.75) is 24.7 Å². The average molecular weight is 340 g/mol. The van der Waals surface area contributed by atoms with Crippen molar-refractivity contribution in [3.63, 3.8) is 0 Å². The number of benzene rings is 2. The van der Waals surface area contributed by atoms with Gasteiger partial charge in [-0.25, -0.2) is 0 Å². The van der Waals surface area contributed by atoms with Gasteiger partial charge in [0, 0.05) is 11.3 Å². The lowest BCUT2D eigenvalue weighted by molar-refractivity contribution is 0.340. The van der Waals surface area contributed by atoms with Crippen molar-refractivity contribution in [3.05, 3.63) is 60.4 Å². The number of para-hydroxylation sites is 1. The Hall–Kier alpha value is -2.34. The summed E-state index contributed by atoms with van der Waals surface area (Å²) in [6.45, 7) is 2.69. The van der Waals surface area contributed by atoms with E-state index in [-0.39, 0.29) is 0 Å². The fourth-order valence-electron chi connectivity index (χ4n) is 2.35. The van der Waals surface area contributed by atoms with Gasteiger partial charge in [0.2, 0.25) is 0 Å². The second-order valence-corrected chi connectivity index (χ2v) is 6.37. The fourth-order valence-corrected chi connectivity index (χ4v) is 3.20. The molecule has 0 amide bonds. The second-order valence-electron chi connectivity index (χ2n) is 5.20. The van der Waals surface area contributed by atoms with Crippen LogP contribution in [0.5, 0.6) is 5.75 Å². The third kappa shape index (κ3) is 4.35. The summed E-state index contributed by atoms with van der Waals surface area (Å²) in [5, 5.41) is 12.0. The number of tetrazole rings is 1. The molecule has 124 valence electrons. The van der Waals surface area contributed by atoms with E-state index >= 15 is 0 Å². The highest BCUT2D eigenvalue weighted by Gasteiger charge is 2.07. The van der Waals surface area contributed by atoms with Crippen LogP contribution in [0.3, 0.4) is 0 Å². The maximum Gasteiger partial charge on any atom is 0.156 e. The molecule has 0 saturated heterocycles. The summed E-state index contributed by atoms with van der Waals surface area (Å²) in [5.74, 6) is 2.84. The molecule has 5 nitrogen and oxygen atoms in total. The molecule has 0 fully saturated rings. The molecular weight excluding hydrogens is 320 g/mol. The average Bonchev–Trinajstić information content (AvgIpc) is 3.10. The minimum Gasteiger partial charge on any atom is -0.494 e. The number of nitrogens with zero attached hydrogens (tertiary/aromatic N) is 4. The summed E-state index contributed by atoms with van der Waals surface area (Å²) in [6, 6.07) is 18.2. The third-order valence-electron chi connectivity index (χ3n) is 3.48. The van der Waals surface area contributed by atoms with Crippen molar-refractivity contribution in [2.75, 3.05) is 12.4 Å². The molecule has 0 aliphatic heterocycles. The van der Waals surface area contributed by atoms with E-state index in [1.807, 2.05) is 65.8 Å². The Morgan fingerprint density at radius 1 is 1.04 bits per heavy atom. The lowest BCUT2D eigenvalue weighted by Gasteiger charge is -2.06. The Morgan fingerprint density at radius 2 is 1.83 bits per heavy atom. The summed E-state index contributed by atoms with van der Waals surface area (Å²) < 4.78 is 7.26. The van der Waals surface area contributed by atoms with Gasteiger partial charge in [-0.1, -0.05) is 18.2 Å². The molecule has 0 bridgehead atoms. The van der Waals surface area contributed by atoms with Crippen LogP contribution in [-0.4, -0.2) is 32.6 Å². The lowest BCUT2D eigenvalue weighted by atomic mass is 10.3. The molecule has 0 atom stereocenters. The van der Waals surface area contributed by atoms with E-state index in [0.29, 0.717) is 6.61 Å². The van der Waals surface area contributed by atoms with Crippen LogP contribution in [0.25, 0.3) is 5.69 Å². The van der Waals surface area contributed by atoms with Gasteiger partial charge in [0.1, 0.15) is 5.75 Å². The van der Waals surface area contributed by atoms with Crippen LogP contribution in [-0.2, 0) is 6.42 Å². The Kier molecular flexibility index (Phi) is 5.85. The Balaban J connectivity index is 1.50. The first kappa shape index (κ1) is 16.5. The Labute approximate surface area is 146 Å². The topological polar surface area (TPSA) is 52.8 Å². The van der Waals surface area contributed by atoms with Crippen molar-refractivity contribution in [2.24, 2.45) is 0 Å². The predicted molar refractivity (Wildman–Crippen MR) is 95.8 cm³/mol. The van der Waals surface area contributed by atoms with E-state index in [1.165, 1.54) is 4.90 Å². The summed E-state index contributed by atoms with van der Waals surface area (Å²) in [4.78, 5) is 1.25. The molecule has 0 unspecified atom stereocenters. The largest absolute Gasteiger partial charge is 0.494 e. The number of hydrogen-bond donors (Lipinski definition) is 0. The standard InChI is InChI=1S/C18H20N4OS/c1-2-23-16-10-12-17(13-11-16)24-14-6-9-18-19-20-21-22(18)15-7-4-3-5-8-15/h3-5,7-8,10-13H,2,6,9,14H2,1H3. The van der Waals surface area contributed by atoms with Crippen LogP contribution >= 0.6 is 11.8 Å². The zero-order chi connectivity index (χ0) is 16.6. The molecule has 0 radical (unpaired) electrons. The van der Waals surface area contributed by atoms with E-state index < -0.39 is 0 Å². The molecule has 3 aromatic rings. The molecule has 1 heterocycles. The summed E-state index contributed by atoms with van der Waals surface area (Å²) in [5.41, 5.74) is 0.997.